The van der Waals surface area contributed by atoms with Crippen LogP contribution in [0.15, 0.2) is 59.8 Å². The van der Waals surface area contributed by atoms with Gasteiger partial charge in [-0.1, -0.05) is 18.2 Å². The Kier molecular flexibility index (Phi) is 6.29. The molecule has 1 aromatic heterocycles. The van der Waals surface area contributed by atoms with Crippen molar-refractivity contribution in [2.45, 2.75) is 17.9 Å². The third kappa shape index (κ3) is 5.21. The molecule has 0 aliphatic carbocycles. The molecule has 2 aromatic carbocycles. The van der Waals surface area contributed by atoms with Gasteiger partial charge in [-0.05, 0) is 24.3 Å². The van der Waals surface area contributed by atoms with Crippen molar-refractivity contribution in [3.8, 4) is 11.4 Å². The number of anilines is 1. The van der Waals surface area contributed by atoms with Gasteiger partial charge in [0.15, 0.2) is 16.9 Å². The lowest BCUT2D eigenvalue weighted by atomic mass is 10.1. The number of benzene rings is 2. The normalized spacial score (nSPS) is 12.0. The molecule has 0 aliphatic rings. The van der Waals surface area contributed by atoms with Gasteiger partial charge in [-0.2, -0.15) is 13.9 Å². The highest BCUT2D eigenvalue weighted by Crippen LogP contribution is 2.24. The molecule has 2 N–H and O–H groups in total. The monoisotopic (exact) mass is 425 g/mol. The molecule has 29 heavy (non-hydrogen) atoms. The van der Waals surface area contributed by atoms with Crippen molar-refractivity contribution in [3.63, 3.8) is 0 Å². The molecule has 1 heterocycles. The highest BCUT2D eigenvalue weighted by atomic mass is 32.2. The number of carbonyl (C=O) groups is 1. The van der Waals surface area contributed by atoms with E-state index in [9.17, 15) is 26.7 Å². The lowest BCUT2D eigenvalue weighted by molar-refractivity contribution is -0.115. The molecule has 0 fully saturated rings. The quantitative estimate of drug-likeness (QED) is 0.566. The highest BCUT2D eigenvalue weighted by molar-refractivity contribution is 7.79. The molecule has 152 valence electrons. The maximum absolute atomic E-state index is 13.2. The molecule has 1 unspecified atom stereocenters. The van der Waals surface area contributed by atoms with Gasteiger partial charge in [-0.3, -0.25) is 4.79 Å². The zero-order valence-corrected chi connectivity index (χ0v) is 15.4. The topological polar surface area (TPSA) is 93.5 Å². The summed E-state index contributed by atoms with van der Waals surface area (Å²) < 4.78 is 64.8. The van der Waals surface area contributed by atoms with E-state index in [-0.39, 0.29) is 34.0 Å². The van der Waals surface area contributed by atoms with Crippen LogP contribution in [-0.2, 0) is 22.3 Å². The molecule has 0 spiro atoms. The predicted molar refractivity (Wildman–Crippen MR) is 98.0 cm³/mol. The SMILES string of the molecule is O=C(Cc1ccccc1OC(F)F)Nc1ccc(-n2cc(F)cn2)c(S(=O)O)c1. The number of nitrogens with one attached hydrogen (secondary N) is 1. The van der Waals surface area contributed by atoms with E-state index in [2.05, 4.69) is 15.2 Å². The molecule has 0 aliphatic heterocycles. The van der Waals surface area contributed by atoms with Gasteiger partial charge in [-0.25, -0.2) is 13.3 Å². The van der Waals surface area contributed by atoms with Crippen molar-refractivity contribution < 1.29 is 31.5 Å². The smallest absolute Gasteiger partial charge is 0.387 e. The standard InChI is InChI=1S/C18H14F3N3O4S/c19-12-9-22-24(10-12)14-6-5-13(8-16(14)29(26)27)23-17(25)7-11-3-1-2-4-15(11)28-18(20)21/h1-6,8-10,18H,7H2,(H,23,25)(H,26,27). The molecule has 3 aromatic rings. The number of halogens is 3. The third-order valence-corrected chi connectivity index (χ3v) is 4.47. The number of aromatic nitrogens is 2. The van der Waals surface area contributed by atoms with Crippen LogP contribution in [0.1, 0.15) is 5.56 Å². The van der Waals surface area contributed by atoms with Crippen LogP contribution in [0.5, 0.6) is 5.75 Å². The van der Waals surface area contributed by atoms with Gasteiger partial charge >= 0.3 is 6.61 Å². The van der Waals surface area contributed by atoms with Crippen LogP contribution in [0.25, 0.3) is 5.69 Å². The zero-order valence-electron chi connectivity index (χ0n) is 14.6. The average molecular weight is 425 g/mol. The Morgan fingerprint density at radius 2 is 2.03 bits per heavy atom. The second kappa shape index (κ2) is 8.88. The maximum Gasteiger partial charge on any atom is 0.387 e. The van der Waals surface area contributed by atoms with Gasteiger partial charge in [-0.15, -0.1) is 0 Å². The molecule has 0 saturated heterocycles. The van der Waals surface area contributed by atoms with Crippen LogP contribution in [0, 0.1) is 5.82 Å². The number of nitrogens with zero attached hydrogens (tertiary/aromatic N) is 2. The Labute approximate surface area is 165 Å². The Hall–Kier alpha value is -3.18. The largest absolute Gasteiger partial charge is 0.435 e. The molecular formula is C18H14F3N3O4S. The van der Waals surface area contributed by atoms with Gasteiger partial charge in [0.1, 0.15) is 5.75 Å². The van der Waals surface area contributed by atoms with Gasteiger partial charge < -0.3 is 14.6 Å². The van der Waals surface area contributed by atoms with Crippen LogP contribution in [0.2, 0.25) is 0 Å². The molecule has 0 saturated carbocycles. The lowest BCUT2D eigenvalue weighted by Crippen LogP contribution is -2.16. The summed E-state index contributed by atoms with van der Waals surface area (Å²) in [5.41, 5.74) is 0.597. The number of alkyl halides is 2. The van der Waals surface area contributed by atoms with E-state index in [1.54, 1.807) is 6.07 Å². The number of amides is 1. The minimum absolute atomic E-state index is 0.104. The van der Waals surface area contributed by atoms with Crippen LogP contribution in [-0.4, -0.2) is 31.1 Å². The number of para-hydroxylation sites is 1. The summed E-state index contributed by atoms with van der Waals surface area (Å²) in [6.07, 6.45) is 1.72. The highest BCUT2D eigenvalue weighted by Gasteiger charge is 2.15. The van der Waals surface area contributed by atoms with Crippen LogP contribution >= 0.6 is 0 Å². The first-order valence-electron chi connectivity index (χ1n) is 8.11. The van der Waals surface area contributed by atoms with Crippen molar-refractivity contribution in [1.82, 2.24) is 9.78 Å². The molecule has 11 heteroatoms. The van der Waals surface area contributed by atoms with E-state index >= 15 is 0 Å². The maximum atomic E-state index is 13.2. The number of ether oxygens (including phenoxy) is 1. The summed E-state index contributed by atoms with van der Waals surface area (Å²) in [5, 5.41) is 6.26. The Balaban J connectivity index is 1.79. The fourth-order valence-electron chi connectivity index (χ4n) is 2.59. The molecule has 0 bridgehead atoms. The van der Waals surface area contributed by atoms with Crippen molar-refractivity contribution in [2.75, 3.05) is 5.32 Å². The van der Waals surface area contributed by atoms with Crippen LogP contribution < -0.4 is 10.1 Å². The van der Waals surface area contributed by atoms with Crippen LogP contribution in [0.3, 0.4) is 0 Å². The second-order valence-electron chi connectivity index (χ2n) is 5.75. The average Bonchev–Trinajstić information content (AvgIpc) is 3.09. The minimum Gasteiger partial charge on any atom is -0.435 e. The summed E-state index contributed by atoms with van der Waals surface area (Å²) in [6, 6.07) is 9.93. The minimum atomic E-state index is -3.03. The summed E-state index contributed by atoms with van der Waals surface area (Å²) in [7, 11) is 0. The van der Waals surface area contributed by atoms with Gasteiger partial charge in [0.2, 0.25) is 5.91 Å². The predicted octanol–water partition coefficient (Wildman–Crippen LogP) is 3.37. The van der Waals surface area contributed by atoms with Crippen LogP contribution in [0.4, 0.5) is 18.9 Å². The first-order chi connectivity index (χ1) is 13.8. The van der Waals surface area contributed by atoms with E-state index in [0.717, 1.165) is 17.1 Å². The Morgan fingerprint density at radius 1 is 1.28 bits per heavy atom. The number of hydrogen-bond acceptors (Lipinski definition) is 4. The summed E-state index contributed by atoms with van der Waals surface area (Å²) in [6.45, 7) is -3.03. The molecule has 7 nitrogen and oxygen atoms in total. The van der Waals surface area contributed by atoms with Crippen molar-refractivity contribution in [1.29, 1.82) is 0 Å². The van der Waals surface area contributed by atoms with E-state index < -0.39 is 29.4 Å². The fraction of sp³-hybridized carbons (Fsp3) is 0.111. The van der Waals surface area contributed by atoms with E-state index in [1.165, 1.54) is 36.4 Å². The number of rotatable bonds is 7. The lowest BCUT2D eigenvalue weighted by Gasteiger charge is -2.12. The van der Waals surface area contributed by atoms with Gasteiger partial charge in [0.25, 0.3) is 0 Å². The molecule has 3 rings (SSSR count). The van der Waals surface area contributed by atoms with Crippen molar-refractivity contribution in [2.24, 2.45) is 0 Å². The fourth-order valence-corrected chi connectivity index (χ4v) is 3.16. The molecule has 1 amide bonds. The first kappa shape index (κ1) is 20.6. The summed E-state index contributed by atoms with van der Waals surface area (Å²) in [4.78, 5) is 12.2. The summed E-state index contributed by atoms with van der Waals surface area (Å²) >= 11 is -2.44. The van der Waals surface area contributed by atoms with E-state index in [0.29, 0.717) is 0 Å². The molecule has 0 radical (unpaired) electrons. The van der Waals surface area contributed by atoms with Gasteiger partial charge in [0, 0.05) is 11.3 Å². The Bertz CT molecular complexity index is 1060. The summed E-state index contributed by atoms with van der Waals surface area (Å²) in [5.74, 6) is -1.30. The van der Waals surface area contributed by atoms with E-state index in [1.807, 2.05) is 0 Å². The second-order valence-corrected chi connectivity index (χ2v) is 6.68. The van der Waals surface area contributed by atoms with Crippen molar-refractivity contribution in [3.05, 3.63) is 66.2 Å². The van der Waals surface area contributed by atoms with Crippen molar-refractivity contribution >= 4 is 22.7 Å². The molecular weight excluding hydrogens is 411 g/mol. The third-order valence-electron chi connectivity index (χ3n) is 3.77. The first-order valence-corrected chi connectivity index (χ1v) is 9.22. The van der Waals surface area contributed by atoms with Gasteiger partial charge in [0.05, 0.1) is 29.4 Å². The van der Waals surface area contributed by atoms with E-state index in [4.69, 9.17) is 0 Å². The number of carbonyl (C=O) groups excluding carboxylic acids is 1. The Morgan fingerprint density at radius 3 is 2.69 bits per heavy atom. The molecule has 1 atom stereocenters. The number of hydrogen-bond donors (Lipinski definition) is 2. The zero-order chi connectivity index (χ0) is 21.0.